The highest BCUT2D eigenvalue weighted by atomic mass is 35.5. The average Bonchev–Trinajstić information content (AvgIpc) is 3.35. The summed E-state index contributed by atoms with van der Waals surface area (Å²) >= 11 is 6.51. The van der Waals surface area contributed by atoms with Gasteiger partial charge in [-0.05, 0) is 54.8 Å². The minimum Gasteiger partial charge on any atom is -0.382 e. The fraction of sp³-hybridized carbons (Fsp3) is 0.333. The molecule has 1 aliphatic heterocycles. The minimum atomic E-state index is -4.71. The molecule has 1 aliphatic rings. The number of anilines is 3. The van der Waals surface area contributed by atoms with Crippen LogP contribution in [0, 0.1) is 5.82 Å². The van der Waals surface area contributed by atoms with Crippen molar-refractivity contribution in [2.24, 2.45) is 0 Å². The number of carbonyl (C=O) groups excluding carboxylic acids is 2. The van der Waals surface area contributed by atoms with Gasteiger partial charge >= 0.3 is 12.2 Å². The number of aromatic nitrogens is 3. The molecule has 0 spiro atoms. The maximum Gasteiger partial charge on any atom is 0.416 e. The van der Waals surface area contributed by atoms with Gasteiger partial charge in [-0.2, -0.15) is 18.3 Å². The van der Waals surface area contributed by atoms with Crippen LogP contribution in [-0.2, 0) is 11.0 Å². The second kappa shape index (κ2) is 12.2. The van der Waals surface area contributed by atoms with Crippen LogP contribution >= 0.6 is 11.6 Å². The van der Waals surface area contributed by atoms with Gasteiger partial charge in [0.15, 0.2) is 12.4 Å². The highest BCUT2D eigenvalue weighted by Gasteiger charge is 2.32. The maximum absolute atomic E-state index is 14.1. The molecule has 2 aromatic heterocycles. The topological polar surface area (TPSA) is 118 Å². The van der Waals surface area contributed by atoms with E-state index in [1.165, 1.54) is 12.4 Å². The van der Waals surface area contributed by atoms with Gasteiger partial charge in [0.1, 0.15) is 17.7 Å². The molecule has 15 heteroatoms. The van der Waals surface area contributed by atoms with E-state index in [2.05, 4.69) is 20.7 Å². The number of nitrogens with two attached hydrogens (primary N) is 1. The lowest BCUT2D eigenvalue weighted by Crippen LogP contribution is -2.48. The molecule has 0 unspecified atom stereocenters. The van der Waals surface area contributed by atoms with E-state index in [1.54, 1.807) is 16.6 Å². The number of nitrogen functional groups attached to an aromatic ring is 1. The molecule has 1 saturated heterocycles. The molecule has 4 aromatic rings. The summed E-state index contributed by atoms with van der Waals surface area (Å²) in [4.78, 5) is 31.3. The highest BCUT2D eigenvalue weighted by molar-refractivity contribution is 6.34. The van der Waals surface area contributed by atoms with Crippen molar-refractivity contribution in [2.45, 2.75) is 24.9 Å². The Morgan fingerprint density at radius 2 is 1.73 bits per heavy atom. The predicted octanol–water partition coefficient (Wildman–Crippen LogP) is 5.85. The number of fused-ring (bicyclic) bond motifs is 1. The van der Waals surface area contributed by atoms with E-state index in [9.17, 15) is 27.2 Å². The summed E-state index contributed by atoms with van der Waals surface area (Å²) in [5.74, 6) is -0.560. The first-order chi connectivity index (χ1) is 21.1. The van der Waals surface area contributed by atoms with Crippen molar-refractivity contribution in [2.75, 3.05) is 57.1 Å². The summed E-state index contributed by atoms with van der Waals surface area (Å²) in [5.41, 5.74) is 7.52. The van der Waals surface area contributed by atoms with Crippen LogP contribution in [0.2, 0.25) is 5.02 Å². The molecule has 10 nitrogen and oxygen atoms in total. The van der Waals surface area contributed by atoms with Gasteiger partial charge in [0, 0.05) is 30.3 Å². The number of nitrogens with zero attached hydrogens (tertiary/aromatic N) is 5. The smallest absolute Gasteiger partial charge is 0.382 e. The standard InChI is InChI=1S/C30H31ClF4N8O2/c1-43(2,3)15-26(44)41-10-8-17(9-11-41)25-14-20(27-28(36)37-16-38-42(25)27)18-4-7-23(21(31)12-18)39-29(45)40-24-13-19(30(33,34)35)5-6-22(24)32/h4-7,12-14,16-17H,8-11,15H2,1-3H3,(H3-,36,37,38,39,40,45)/p+1. The largest absolute Gasteiger partial charge is 0.416 e. The normalized spacial score (nSPS) is 14.5. The number of urea groups is 1. The number of piperidine rings is 1. The van der Waals surface area contributed by atoms with Gasteiger partial charge in [-0.1, -0.05) is 17.7 Å². The number of quaternary nitrogens is 1. The Kier molecular flexibility index (Phi) is 8.64. The van der Waals surface area contributed by atoms with Crippen molar-refractivity contribution in [1.82, 2.24) is 19.5 Å². The Labute approximate surface area is 261 Å². The Balaban J connectivity index is 1.36. The van der Waals surface area contributed by atoms with Crippen molar-refractivity contribution in [1.29, 1.82) is 0 Å². The summed E-state index contributed by atoms with van der Waals surface area (Å²) in [6.07, 6.45) is -1.85. The predicted molar refractivity (Wildman–Crippen MR) is 163 cm³/mol. The van der Waals surface area contributed by atoms with Crippen LogP contribution in [0.5, 0.6) is 0 Å². The van der Waals surface area contributed by atoms with Gasteiger partial charge in [-0.15, -0.1) is 0 Å². The van der Waals surface area contributed by atoms with Crippen LogP contribution in [0.25, 0.3) is 16.6 Å². The van der Waals surface area contributed by atoms with Crippen LogP contribution in [-0.4, -0.2) is 76.7 Å². The first-order valence-corrected chi connectivity index (χ1v) is 14.4. The molecule has 5 rings (SSSR count). The Morgan fingerprint density at radius 3 is 2.38 bits per heavy atom. The quantitative estimate of drug-likeness (QED) is 0.179. The van der Waals surface area contributed by atoms with E-state index >= 15 is 0 Å². The number of hydrogen-bond donors (Lipinski definition) is 3. The SMILES string of the molecule is C[N+](C)(C)CC(=O)N1CCC(c2cc(-c3ccc(NC(=O)Nc4cc(C(F)(F)F)ccc4F)c(Cl)c3)c3c(N)ncnn23)CC1. The van der Waals surface area contributed by atoms with Crippen LogP contribution in [0.4, 0.5) is 39.5 Å². The number of hydrogen-bond acceptors (Lipinski definition) is 5. The summed E-state index contributed by atoms with van der Waals surface area (Å²) in [6, 6.07) is 7.50. The lowest BCUT2D eigenvalue weighted by molar-refractivity contribution is -0.862. The lowest BCUT2D eigenvalue weighted by Gasteiger charge is -2.34. The van der Waals surface area contributed by atoms with Crippen LogP contribution in [0.3, 0.4) is 0 Å². The molecule has 1 fully saturated rings. The van der Waals surface area contributed by atoms with E-state index in [4.69, 9.17) is 17.3 Å². The molecule has 0 bridgehead atoms. The van der Waals surface area contributed by atoms with Crippen molar-refractivity contribution in [3.63, 3.8) is 0 Å². The molecule has 45 heavy (non-hydrogen) atoms. The zero-order chi connectivity index (χ0) is 32.7. The highest BCUT2D eigenvalue weighted by Crippen LogP contribution is 2.38. The van der Waals surface area contributed by atoms with E-state index in [0.29, 0.717) is 59.0 Å². The number of rotatable bonds is 6. The van der Waals surface area contributed by atoms with Crippen LogP contribution < -0.4 is 16.4 Å². The van der Waals surface area contributed by atoms with E-state index in [-0.39, 0.29) is 28.4 Å². The number of halogens is 5. The zero-order valence-corrected chi connectivity index (χ0v) is 25.5. The number of benzene rings is 2. The molecule has 0 saturated carbocycles. The van der Waals surface area contributed by atoms with Gasteiger partial charge in [0.25, 0.3) is 5.91 Å². The Hall–Kier alpha value is -4.43. The first-order valence-electron chi connectivity index (χ1n) is 14.1. The number of likely N-dealkylation sites (tertiary alicyclic amines) is 1. The first kappa shape index (κ1) is 32.0. The monoisotopic (exact) mass is 647 g/mol. The Morgan fingerprint density at radius 1 is 1.04 bits per heavy atom. The minimum absolute atomic E-state index is 0.102. The van der Waals surface area contributed by atoms with Crippen molar-refractivity contribution in [3.8, 4) is 11.1 Å². The maximum atomic E-state index is 14.1. The molecule has 0 atom stereocenters. The van der Waals surface area contributed by atoms with Gasteiger partial charge in [-0.3, -0.25) is 4.79 Å². The number of nitrogens with one attached hydrogen (secondary N) is 2. The lowest BCUT2D eigenvalue weighted by atomic mass is 9.93. The second-order valence-corrected chi connectivity index (χ2v) is 12.4. The molecule has 0 radical (unpaired) electrons. The third-order valence-electron chi connectivity index (χ3n) is 7.56. The van der Waals surface area contributed by atoms with E-state index in [0.717, 1.165) is 18.5 Å². The number of amides is 3. The average molecular weight is 648 g/mol. The molecule has 4 N–H and O–H groups in total. The number of alkyl halides is 3. The summed E-state index contributed by atoms with van der Waals surface area (Å²) in [7, 11) is 5.94. The molecule has 0 aliphatic carbocycles. The van der Waals surface area contributed by atoms with Crippen molar-refractivity contribution < 1.29 is 31.6 Å². The summed E-state index contributed by atoms with van der Waals surface area (Å²) in [5, 5.41) is 9.10. The molecule has 3 amide bonds. The van der Waals surface area contributed by atoms with Crippen molar-refractivity contribution in [3.05, 3.63) is 70.9 Å². The van der Waals surface area contributed by atoms with E-state index in [1.807, 2.05) is 32.1 Å². The van der Waals surface area contributed by atoms with Crippen LogP contribution in [0.1, 0.15) is 30.0 Å². The molecular weight excluding hydrogens is 616 g/mol. The molecule has 238 valence electrons. The fourth-order valence-corrected chi connectivity index (χ4v) is 5.62. The number of carbonyl (C=O) groups is 2. The third kappa shape index (κ3) is 7.12. The zero-order valence-electron chi connectivity index (χ0n) is 24.8. The van der Waals surface area contributed by atoms with Gasteiger partial charge < -0.3 is 25.8 Å². The number of likely N-dealkylation sites (N-methyl/N-ethyl adjacent to an activating group) is 1. The van der Waals surface area contributed by atoms with Crippen molar-refractivity contribution >= 4 is 46.2 Å². The molecule has 3 heterocycles. The van der Waals surface area contributed by atoms with E-state index < -0.39 is 29.3 Å². The van der Waals surface area contributed by atoms with Crippen LogP contribution in [0.15, 0.2) is 48.8 Å². The second-order valence-electron chi connectivity index (χ2n) is 12.0. The van der Waals surface area contributed by atoms with Gasteiger partial charge in [-0.25, -0.2) is 18.7 Å². The third-order valence-corrected chi connectivity index (χ3v) is 7.87. The van der Waals surface area contributed by atoms with Gasteiger partial charge in [0.2, 0.25) is 0 Å². The summed E-state index contributed by atoms with van der Waals surface area (Å²) < 4.78 is 55.5. The Bertz CT molecular complexity index is 1760. The fourth-order valence-electron chi connectivity index (χ4n) is 5.39. The van der Waals surface area contributed by atoms with Gasteiger partial charge in [0.05, 0.1) is 43.1 Å². The molecular formula is C30H32ClF4N8O2+. The summed E-state index contributed by atoms with van der Waals surface area (Å²) in [6.45, 7) is 1.65. The molecule has 2 aromatic carbocycles.